The number of nitrogens with one attached hydrogen (secondary N) is 1. The van der Waals surface area contributed by atoms with Gasteiger partial charge in [-0.1, -0.05) is 0 Å². The number of nitrogens with zero attached hydrogens (tertiary/aromatic N) is 4. The van der Waals surface area contributed by atoms with Gasteiger partial charge in [0.05, 0.1) is 12.5 Å². The van der Waals surface area contributed by atoms with E-state index in [1.54, 1.807) is 9.80 Å². The van der Waals surface area contributed by atoms with Crippen molar-refractivity contribution in [2.45, 2.75) is 18.9 Å². The van der Waals surface area contributed by atoms with Crippen molar-refractivity contribution < 1.29 is 13.2 Å². The molecule has 1 aromatic heterocycles. The minimum Gasteiger partial charge on any atom is -0.335 e. The summed E-state index contributed by atoms with van der Waals surface area (Å²) >= 11 is 0. The van der Waals surface area contributed by atoms with Gasteiger partial charge in [0, 0.05) is 39.3 Å². The van der Waals surface area contributed by atoms with Gasteiger partial charge in [-0.05, 0) is 13.8 Å². The highest BCUT2D eigenvalue weighted by atomic mass is 32.2. The number of H-pyrrole nitrogens is 1. The molecule has 0 unspecified atom stereocenters. The Balaban J connectivity index is 1.99. The number of piperazine rings is 1. The van der Waals surface area contributed by atoms with E-state index in [0.717, 1.165) is 0 Å². The number of amides is 2. The number of carbonyl (C=O) groups is 1. The number of aromatic nitrogens is 2. The third-order valence-electron chi connectivity index (χ3n) is 3.63. The molecule has 1 aromatic rings. The maximum absolute atomic E-state index is 12.3. The molecule has 21 heavy (non-hydrogen) atoms. The molecule has 1 aliphatic heterocycles. The van der Waals surface area contributed by atoms with E-state index in [1.165, 1.54) is 16.8 Å². The van der Waals surface area contributed by atoms with Crippen molar-refractivity contribution in [1.29, 1.82) is 0 Å². The Morgan fingerprint density at radius 3 is 2.38 bits per heavy atom. The van der Waals surface area contributed by atoms with Crippen LogP contribution in [0.25, 0.3) is 0 Å². The molecule has 2 rings (SSSR count). The summed E-state index contributed by atoms with van der Waals surface area (Å²) in [5.41, 5.74) is 0. The lowest BCUT2D eigenvalue weighted by Gasteiger charge is -2.36. The van der Waals surface area contributed by atoms with Crippen molar-refractivity contribution in [1.82, 2.24) is 24.1 Å². The van der Waals surface area contributed by atoms with Crippen LogP contribution in [-0.4, -0.2) is 77.8 Å². The van der Waals surface area contributed by atoms with E-state index in [9.17, 15) is 13.2 Å². The summed E-state index contributed by atoms with van der Waals surface area (Å²) in [6.07, 6.45) is 2.63. The minimum absolute atomic E-state index is 0.0291. The number of rotatable bonds is 4. The standard InChI is InChI=1S/C12H21N5O3S/c1-3-15(4-2)12(18)16-5-7-17(8-6-16)21(19,20)11-9-13-10-14-11/h9-10H,3-8H2,1-2H3,(H,13,14). The van der Waals surface area contributed by atoms with Crippen LogP contribution in [0, 0.1) is 0 Å². The first kappa shape index (κ1) is 15.8. The van der Waals surface area contributed by atoms with Gasteiger partial charge in [-0.3, -0.25) is 0 Å². The first-order valence-electron chi connectivity index (χ1n) is 7.03. The Bertz CT molecular complexity index is 560. The summed E-state index contributed by atoms with van der Waals surface area (Å²) in [4.78, 5) is 22.0. The fraction of sp³-hybridized carbons (Fsp3) is 0.667. The minimum atomic E-state index is -3.54. The molecule has 1 N–H and O–H groups in total. The maximum atomic E-state index is 12.3. The zero-order valence-corrected chi connectivity index (χ0v) is 13.1. The molecular formula is C12H21N5O3S. The van der Waals surface area contributed by atoms with E-state index in [2.05, 4.69) is 9.97 Å². The van der Waals surface area contributed by atoms with Gasteiger partial charge >= 0.3 is 6.03 Å². The summed E-state index contributed by atoms with van der Waals surface area (Å²) in [6, 6.07) is -0.0291. The van der Waals surface area contributed by atoms with E-state index in [4.69, 9.17) is 0 Å². The maximum Gasteiger partial charge on any atom is 0.320 e. The summed E-state index contributed by atoms with van der Waals surface area (Å²) < 4.78 is 26.0. The molecule has 0 saturated carbocycles. The van der Waals surface area contributed by atoms with Crippen molar-refractivity contribution in [3.8, 4) is 0 Å². The van der Waals surface area contributed by atoms with E-state index in [1.807, 2.05) is 13.8 Å². The molecule has 2 amide bonds. The predicted molar refractivity (Wildman–Crippen MR) is 77.2 cm³/mol. The molecule has 0 aliphatic carbocycles. The lowest BCUT2D eigenvalue weighted by atomic mass is 10.4. The Kier molecular flexibility index (Phi) is 4.84. The highest BCUT2D eigenvalue weighted by molar-refractivity contribution is 7.89. The average molecular weight is 315 g/mol. The smallest absolute Gasteiger partial charge is 0.320 e. The van der Waals surface area contributed by atoms with Crippen LogP contribution >= 0.6 is 0 Å². The average Bonchev–Trinajstić information content (AvgIpc) is 3.03. The first-order chi connectivity index (χ1) is 10.0. The van der Waals surface area contributed by atoms with Crippen LogP contribution in [0.1, 0.15) is 13.8 Å². The Morgan fingerprint density at radius 1 is 1.29 bits per heavy atom. The van der Waals surface area contributed by atoms with Gasteiger partial charge in [0.15, 0.2) is 5.03 Å². The van der Waals surface area contributed by atoms with Crippen LogP contribution in [0.2, 0.25) is 0 Å². The fourth-order valence-electron chi connectivity index (χ4n) is 2.34. The third-order valence-corrected chi connectivity index (χ3v) is 5.46. The van der Waals surface area contributed by atoms with Crippen LogP contribution in [-0.2, 0) is 10.0 Å². The molecule has 1 aliphatic rings. The summed E-state index contributed by atoms with van der Waals surface area (Å²) in [5.74, 6) is 0. The summed E-state index contributed by atoms with van der Waals surface area (Å²) in [7, 11) is -3.54. The van der Waals surface area contributed by atoms with E-state index < -0.39 is 10.0 Å². The number of sulfonamides is 1. The quantitative estimate of drug-likeness (QED) is 0.858. The molecular weight excluding hydrogens is 294 g/mol. The fourth-order valence-corrected chi connectivity index (χ4v) is 3.66. The van der Waals surface area contributed by atoms with Crippen molar-refractivity contribution in [3.05, 3.63) is 12.5 Å². The molecule has 8 nitrogen and oxygen atoms in total. The molecule has 2 heterocycles. The number of hydrogen-bond acceptors (Lipinski definition) is 4. The zero-order valence-electron chi connectivity index (χ0n) is 12.3. The van der Waals surface area contributed by atoms with Gasteiger partial charge in [0.2, 0.25) is 0 Å². The van der Waals surface area contributed by atoms with Crippen LogP contribution in [0.4, 0.5) is 4.79 Å². The molecule has 1 saturated heterocycles. The number of imidazole rings is 1. The van der Waals surface area contributed by atoms with Crippen LogP contribution < -0.4 is 0 Å². The van der Waals surface area contributed by atoms with Gasteiger partial charge in [-0.15, -0.1) is 0 Å². The van der Waals surface area contributed by atoms with Crippen LogP contribution in [0.5, 0.6) is 0 Å². The molecule has 0 aromatic carbocycles. The molecule has 1 fully saturated rings. The largest absolute Gasteiger partial charge is 0.335 e. The van der Waals surface area contributed by atoms with Crippen LogP contribution in [0.3, 0.4) is 0 Å². The Morgan fingerprint density at radius 2 is 1.90 bits per heavy atom. The van der Waals surface area contributed by atoms with Gasteiger partial charge in [0.1, 0.15) is 0 Å². The number of carbonyl (C=O) groups excluding carboxylic acids is 1. The summed E-state index contributed by atoms with van der Waals surface area (Å²) in [5, 5.41) is 0.0889. The second-order valence-corrected chi connectivity index (χ2v) is 6.67. The van der Waals surface area contributed by atoms with E-state index in [-0.39, 0.29) is 11.1 Å². The first-order valence-corrected chi connectivity index (χ1v) is 8.47. The van der Waals surface area contributed by atoms with Gasteiger partial charge in [-0.25, -0.2) is 18.2 Å². The van der Waals surface area contributed by atoms with E-state index >= 15 is 0 Å². The Labute approximate surface area is 124 Å². The topological polar surface area (TPSA) is 89.6 Å². The predicted octanol–water partition coefficient (Wildman–Crippen LogP) is 0.178. The van der Waals surface area contributed by atoms with Crippen molar-refractivity contribution in [2.24, 2.45) is 0 Å². The highest BCUT2D eigenvalue weighted by Gasteiger charge is 2.31. The molecule has 0 spiro atoms. The molecule has 9 heteroatoms. The zero-order chi connectivity index (χ0) is 15.5. The van der Waals surface area contributed by atoms with Crippen molar-refractivity contribution >= 4 is 16.1 Å². The third kappa shape index (κ3) is 3.18. The Hall–Kier alpha value is -1.61. The SMILES string of the molecule is CCN(CC)C(=O)N1CCN(S(=O)(=O)c2cnc[nH]2)CC1. The highest BCUT2D eigenvalue weighted by Crippen LogP contribution is 2.15. The number of hydrogen-bond donors (Lipinski definition) is 1. The second kappa shape index (κ2) is 6.44. The lowest BCUT2D eigenvalue weighted by Crippen LogP contribution is -2.53. The molecule has 0 bridgehead atoms. The van der Waals surface area contributed by atoms with Crippen molar-refractivity contribution in [3.63, 3.8) is 0 Å². The van der Waals surface area contributed by atoms with Gasteiger partial charge in [0.25, 0.3) is 10.0 Å². The number of aromatic amines is 1. The normalized spacial score (nSPS) is 17.0. The summed E-state index contributed by atoms with van der Waals surface area (Å²) in [6.45, 7) is 6.58. The second-order valence-electron chi connectivity index (χ2n) is 4.76. The monoisotopic (exact) mass is 315 g/mol. The molecule has 118 valence electrons. The molecule has 0 atom stereocenters. The van der Waals surface area contributed by atoms with Crippen molar-refractivity contribution in [2.75, 3.05) is 39.3 Å². The molecule has 0 radical (unpaired) electrons. The van der Waals surface area contributed by atoms with Gasteiger partial charge in [-0.2, -0.15) is 4.31 Å². The lowest BCUT2D eigenvalue weighted by molar-refractivity contribution is 0.138. The number of urea groups is 1. The van der Waals surface area contributed by atoms with Crippen LogP contribution in [0.15, 0.2) is 17.6 Å². The van der Waals surface area contributed by atoms with Gasteiger partial charge < -0.3 is 14.8 Å². The van der Waals surface area contributed by atoms with E-state index in [0.29, 0.717) is 39.3 Å².